The van der Waals surface area contributed by atoms with Crippen molar-refractivity contribution in [1.29, 1.82) is 0 Å². The number of hydroxylamine groups is 2. The van der Waals surface area contributed by atoms with Gasteiger partial charge in [0.05, 0.1) is 18.6 Å². The number of imide groups is 1. The Bertz CT molecular complexity index is 410. The van der Waals surface area contributed by atoms with Crippen LogP contribution in [0.1, 0.15) is 53.4 Å². The summed E-state index contributed by atoms with van der Waals surface area (Å²) in [4.78, 5) is 39.1. The van der Waals surface area contributed by atoms with Gasteiger partial charge in [0, 0.05) is 18.4 Å². The van der Waals surface area contributed by atoms with Gasteiger partial charge in [-0.05, 0) is 34.1 Å². The summed E-state index contributed by atoms with van der Waals surface area (Å²) >= 11 is 0. The minimum atomic E-state index is -0.623. The summed E-state index contributed by atoms with van der Waals surface area (Å²) in [5.41, 5.74) is 4.84. The molecule has 120 valence electrons. The molecular formula is C14H24N2O5. The normalized spacial score (nSPS) is 16.5. The van der Waals surface area contributed by atoms with E-state index in [1.165, 1.54) is 0 Å². The Morgan fingerprint density at radius 2 is 1.71 bits per heavy atom. The van der Waals surface area contributed by atoms with Crippen LogP contribution in [0.3, 0.4) is 0 Å². The van der Waals surface area contributed by atoms with Crippen molar-refractivity contribution < 1.29 is 24.0 Å². The average molecular weight is 300 g/mol. The average Bonchev–Trinajstić information content (AvgIpc) is 2.65. The van der Waals surface area contributed by atoms with Crippen LogP contribution in [0.25, 0.3) is 0 Å². The van der Waals surface area contributed by atoms with Gasteiger partial charge in [0.15, 0.2) is 0 Å². The maximum atomic E-state index is 11.7. The zero-order valence-electron chi connectivity index (χ0n) is 13.1. The van der Waals surface area contributed by atoms with Crippen molar-refractivity contribution in [2.75, 3.05) is 6.61 Å². The Morgan fingerprint density at radius 3 is 2.19 bits per heavy atom. The van der Waals surface area contributed by atoms with E-state index in [4.69, 9.17) is 15.3 Å². The number of carbonyl (C=O) groups is 3. The molecule has 2 N–H and O–H groups in total. The number of hydrogen-bond acceptors (Lipinski definition) is 6. The Labute approximate surface area is 124 Å². The Morgan fingerprint density at radius 1 is 1.19 bits per heavy atom. The van der Waals surface area contributed by atoms with E-state index in [0.717, 1.165) is 0 Å². The van der Waals surface area contributed by atoms with Crippen LogP contribution in [0.15, 0.2) is 0 Å². The molecule has 7 nitrogen and oxygen atoms in total. The molecule has 0 aromatic rings. The van der Waals surface area contributed by atoms with Crippen molar-refractivity contribution >= 4 is 17.8 Å². The second-order valence-electron chi connectivity index (χ2n) is 6.58. The summed E-state index contributed by atoms with van der Waals surface area (Å²) in [7, 11) is 0. The number of nitrogens with zero attached hydrogens (tertiary/aromatic N) is 1. The lowest BCUT2D eigenvalue weighted by Gasteiger charge is -2.29. The van der Waals surface area contributed by atoms with Gasteiger partial charge in [-0.1, -0.05) is 0 Å². The molecule has 0 radical (unpaired) electrons. The first kappa shape index (κ1) is 17.6. The highest BCUT2D eigenvalue weighted by Gasteiger charge is 2.33. The van der Waals surface area contributed by atoms with Crippen LogP contribution in [0.4, 0.5) is 0 Å². The van der Waals surface area contributed by atoms with Crippen LogP contribution in [0.5, 0.6) is 0 Å². The highest BCUT2D eigenvalue weighted by molar-refractivity contribution is 6.01. The minimum Gasteiger partial charge on any atom is -0.374 e. The molecule has 1 saturated heterocycles. The molecule has 0 aromatic heterocycles. The van der Waals surface area contributed by atoms with Crippen molar-refractivity contribution in [2.24, 2.45) is 5.73 Å². The van der Waals surface area contributed by atoms with E-state index in [1.54, 1.807) is 0 Å². The molecule has 7 heteroatoms. The van der Waals surface area contributed by atoms with Gasteiger partial charge >= 0.3 is 5.97 Å². The SMILES string of the molecule is CC(C)(N)COC(C)(C)CCC(=O)ON1C(=O)CCC1=O. The van der Waals surface area contributed by atoms with Crippen molar-refractivity contribution in [2.45, 2.75) is 64.5 Å². The number of rotatable bonds is 7. The van der Waals surface area contributed by atoms with E-state index in [0.29, 0.717) is 18.1 Å². The smallest absolute Gasteiger partial charge is 0.333 e. The van der Waals surface area contributed by atoms with Crippen LogP contribution in [-0.4, -0.2) is 40.6 Å². The molecule has 0 aromatic carbocycles. The molecule has 1 aliphatic rings. The summed E-state index contributed by atoms with van der Waals surface area (Å²) < 4.78 is 5.68. The standard InChI is InChI=1S/C14H24N2O5/c1-13(2,15)9-20-14(3,4)8-7-12(19)21-16-10(17)5-6-11(16)18/h5-9,15H2,1-4H3. The molecule has 1 heterocycles. The van der Waals surface area contributed by atoms with Gasteiger partial charge in [0.2, 0.25) is 0 Å². The third-order valence-electron chi connectivity index (χ3n) is 2.96. The molecule has 1 rings (SSSR count). The van der Waals surface area contributed by atoms with Crippen molar-refractivity contribution in [3.63, 3.8) is 0 Å². The fourth-order valence-electron chi connectivity index (χ4n) is 1.66. The Kier molecular flexibility index (Phi) is 5.47. The molecule has 1 fully saturated rings. The summed E-state index contributed by atoms with van der Waals surface area (Å²) in [6.07, 6.45) is 0.631. The minimum absolute atomic E-state index is 0.0507. The lowest BCUT2D eigenvalue weighted by molar-refractivity contribution is -0.198. The number of ether oxygens (including phenoxy) is 1. The summed E-state index contributed by atoms with van der Waals surface area (Å²) in [5, 5.41) is 0.555. The second kappa shape index (κ2) is 6.53. The first-order chi connectivity index (χ1) is 9.50. The molecule has 0 spiro atoms. The van der Waals surface area contributed by atoms with Crippen LogP contribution in [0, 0.1) is 0 Å². The maximum Gasteiger partial charge on any atom is 0.333 e. The highest BCUT2D eigenvalue weighted by atomic mass is 16.7. The molecule has 2 amide bonds. The predicted octanol–water partition coefficient (Wildman–Crippen LogP) is 0.906. The van der Waals surface area contributed by atoms with E-state index in [9.17, 15) is 14.4 Å². The van der Waals surface area contributed by atoms with Gasteiger partial charge in [-0.25, -0.2) is 4.79 Å². The van der Waals surface area contributed by atoms with E-state index < -0.39 is 28.9 Å². The largest absolute Gasteiger partial charge is 0.374 e. The Hall–Kier alpha value is -1.47. The van der Waals surface area contributed by atoms with Gasteiger partial charge in [0.25, 0.3) is 11.8 Å². The van der Waals surface area contributed by atoms with Crippen molar-refractivity contribution in [3.8, 4) is 0 Å². The van der Waals surface area contributed by atoms with Crippen molar-refractivity contribution in [3.05, 3.63) is 0 Å². The molecule has 0 bridgehead atoms. The second-order valence-corrected chi connectivity index (χ2v) is 6.58. The summed E-state index contributed by atoms with van der Waals surface area (Å²) in [5.74, 6) is -1.58. The monoisotopic (exact) mass is 300 g/mol. The lowest BCUT2D eigenvalue weighted by atomic mass is 10.0. The highest BCUT2D eigenvalue weighted by Crippen LogP contribution is 2.20. The van der Waals surface area contributed by atoms with Crippen LogP contribution in [0.2, 0.25) is 0 Å². The van der Waals surface area contributed by atoms with Crippen LogP contribution in [-0.2, 0) is 24.0 Å². The van der Waals surface area contributed by atoms with Gasteiger partial charge in [-0.15, -0.1) is 5.06 Å². The van der Waals surface area contributed by atoms with Crippen molar-refractivity contribution in [1.82, 2.24) is 5.06 Å². The number of carbonyl (C=O) groups excluding carboxylic acids is 3. The summed E-state index contributed by atoms with van der Waals surface area (Å²) in [6.45, 7) is 7.75. The maximum absolute atomic E-state index is 11.7. The zero-order valence-corrected chi connectivity index (χ0v) is 13.1. The quantitative estimate of drug-likeness (QED) is 0.701. The number of nitrogens with two attached hydrogens (primary N) is 1. The van der Waals surface area contributed by atoms with Gasteiger partial charge in [-0.2, -0.15) is 0 Å². The molecular weight excluding hydrogens is 276 g/mol. The van der Waals surface area contributed by atoms with Gasteiger partial charge < -0.3 is 15.3 Å². The van der Waals surface area contributed by atoms with Crippen LogP contribution >= 0.6 is 0 Å². The van der Waals surface area contributed by atoms with E-state index in [-0.39, 0.29) is 19.3 Å². The molecule has 0 aliphatic carbocycles. The third-order valence-corrected chi connectivity index (χ3v) is 2.96. The number of hydrogen-bond donors (Lipinski definition) is 1. The molecule has 0 saturated carbocycles. The zero-order chi connectivity index (χ0) is 16.3. The molecule has 21 heavy (non-hydrogen) atoms. The van der Waals surface area contributed by atoms with E-state index >= 15 is 0 Å². The fourth-order valence-corrected chi connectivity index (χ4v) is 1.66. The van der Waals surface area contributed by atoms with Gasteiger partial charge in [-0.3, -0.25) is 9.59 Å². The van der Waals surface area contributed by atoms with Crippen LogP contribution < -0.4 is 5.73 Å². The van der Waals surface area contributed by atoms with Gasteiger partial charge in [0.1, 0.15) is 0 Å². The molecule has 0 unspecified atom stereocenters. The lowest BCUT2D eigenvalue weighted by Crippen LogP contribution is -2.41. The van der Waals surface area contributed by atoms with E-state index in [1.807, 2.05) is 27.7 Å². The molecule has 1 aliphatic heterocycles. The fraction of sp³-hybridized carbons (Fsp3) is 0.786. The molecule has 0 atom stereocenters. The topological polar surface area (TPSA) is 98.9 Å². The summed E-state index contributed by atoms with van der Waals surface area (Å²) in [6, 6.07) is 0. The Balaban J connectivity index is 2.38. The predicted molar refractivity (Wildman–Crippen MR) is 74.7 cm³/mol. The number of amides is 2. The first-order valence-corrected chi connectivity index (χ1v) is 7.00. The first-order valence-electron chi connectivity index (χ1n) is 7.00. The van der Waals surface area contributed by atoms with E-state index in [2.05, 4.69) is 0 Å². The third kappa shape index (κ3) is 6.22.